The van der Waals surface area contributed by atoms with E-state index in [4.69, 9.17) is 19.3 Å². The van der Waals surface area contributed by atoms with Crippen molar-refractivity contribution < 1.29 is 19.3 Å². The molecule has 0 atom stereocenters. The Morgan fingerprint density at radius 2 is 1.93 bits per heavy atom. The van der Waals surface area contributed by atoms with Crippen molar-refractivity contribution in [3.8, 4) is 0 Å². The number of hydrogen-bond acceptors (Lipinski definition) is 5. The quantitative estimate of drug-likeness (QED) is 0.377. The molecule has 0 radical (unpaired) electrons. The number of aliphatic hydroxyl groups excluding tert-OH is 1. The van der Waals surface area contributed by atoms with Gasteiger partial charge in [0.1, 0.15) is 0 Å². The average molecular weight is 207 g/mol. The zero-order chi connectivity index (χ0) is 10.6. The molecule has 86 valence electrons. The van der Waals surface area contributed by atoms with Gasteiger partial charge in [-0.15, -0.1) is 0 Å². The highest BCUT2D eigenvalue weighted by Gasteiger charge is 2.02. The molecule has 0 aromatic heterocycles. The van der Waals surface area contributed by atoms with Gasteiger partial charge < -0.3 is 24.6 Å². The molecule has 0 aliphatic carbocycles. The largest absolute Gasteiger partial charge is 0.394 e. The van der Waals surface area contributed by atoms with Gasteiger partial charge in [0.05, 0.1) is 13.2 Å². The van der Waals surface area contributed by atoms with Crippen LogP contribution in [0.25, 0.3) is 0 Å². The smallest absolute Gasteiger partial charge is 0.169 e. The third-order valence-electron chi connectivity index (χ3n) is 1.71. The second kappa shape index (κ2) is 10.9. The fraction of sp³-hybridized carbons (Fsp3) is 1.00. The van der Waals surface area contributed by atoms with Crippen LogP contribution in [0.5, 0.6) is 0 Å². The molecule has 0 saturated carbocycles. The molecule has 0 aromatic carbocycles. The van der Waals surface area contributed by atoms with Crippen LogP contribution in [0.2, 0.25) is 0 Å². The Kier molecular flexibility index (Phi) is 10.7. The van der Waals surface area contributed by atoms with E-state index in [1.165, 1.54) is 0 Å². The Morgan fingerprint density at radius 1 is 1.21 bits per heavy atom. The molecule has 0 aliphatic rings. The fourth-order valence-electron chi connectivity index (χ4n) is 0.949. The SMILES string of the molecule is COC(CNCCCOCCO)OC. The lowest BCUT2D eigenvalue weighted by Crippen LogP contribution is -2.30. The Labute approximate surface area is 85.3 Å². The van der Waals surface area contributed by atoms with E-state index in [1.807, 2.05) is 0 Å². The third kappa shape index (κ3) is 8.40. The molecule has 0 fully saturated rings. The number of hydrogen-bond donors (Lipinski definition) is 2. The van der Waals surface area contributed by atoms with Crippen LogP contribution in [-0.4, -0.2) is 58.5 Å². The zero-order valence-electron chi connectivity index (χ0n) is 8.99. The van der Waals surface area contributed by atoms with Crippen LogP contribution in [0.4, 0.5) is 0 Å². The Hall–Kier alpha value is -0.200. The van der Waals surface area contributed by atoms with Crippen molar-refractivity contribution in [1.29, 1.82) is 0 Å². The van der Waals surface area contributed by atoms with Crippen molar-refractivity contribution in [2.75, 3.05) is 47.1 Å². The predicted molar refractivity (Wildman–Crippen MR) is 53.2 cm³/mol. The molecule has 5 heteroatoms. The molecule has 0 spiro atoms. The fourth-order valence-corrected chi connectivity index (χ4v) is 0.949. The first-order valence-corrected chi connectivity index (χ1v) is 4.80. The third-order valence-corrected chi connectivity index (χ3v) is 1.71. The topological polar surface area (TPSA) is 60.0 Å². The molecule has 0 bridgehead atoms. The van der Waals surface area contributed by atoms with Crippen LogP contribution in [0.3, 0.4) is 0 Å². The predicted octanol–water partition coefficient (Wildman–Crippen LogP) is -0.406. The summed E-state index contributed by atoms with van der Waals surface area (Å²) in [7, 11) is 3.22. The summed E-state index contributed by atoms with van der Waals surface area (Å²) < 4.78 is 15.1. The van der Waals surface area contributed by atoms with Crippen molar-refractivity contribution >= 4 is 0 Å². The second-order valence-electron chi connectivity index (χ2n) is 2.79. The highest BCUT2D eigenvalue weighted by molar-refractivity contribution is 4.50. The first-order chi connectivity index (χ1) is 6.85. The van der Waals surface area contributed by atoms with Gasteiger partial charge in [-0.3, -0.25) is 0 Å². The van der Waals surface area contributed by atoms with Crippen LogP contribution in [-0.2, 0) is 14.2 Å². The maximum Gasteiger partial charge on any atom is 0.169 e. The van der Waals surface area contributed by atoms with Gasteiger partial charge in [-0.1, -0.05) is 0 Å². The Morgan fingerprint density at radius 3 is 2.50 bits per heavy atom. The maximum atomic E-state index is 8.43. The van der Waals surface area contributed by atoms with Gasteiger partial charge in [0, 0.05) is 27.4 Å². The summed E-state index contributed by atoms with van der Waals surface area (Å²) in [4.78, 5) is 0. The van der Waals surface area contributed by atoms with Crippen molar-refractivity contribution in [1.82, 2.24) is 5.32 Å². The molecular formula is C9H21NO4. The van der Waals surface area contributed by atoms with E-state index >= 15 is 0 Å². The molecule has 0 aliphatic heterocycles. The monoisotopic (exact) mass is 207 g/mol. The van der Waals surface area contributed by atoms with Gasteiger partial charge >= 0.3 is 0 Å². The van der Waals surface area contributed by atoms with Gasteiger partial charge in [-0.2, -0.15) is 0 Å². The molecular weight excluding hydrogens is 186 g/mol. The van der Waals surface area contributed by atoms with E-state index in [0.29, 0.717) is 19.8 Å². The standard InChI is InChI=1S/C9H21NO4/c1-12-9(13-2)8-10-4-3-6-14-7-5-11/h9-11H,3-8H2,1-2H3. The molecule has 5 nitrogen and oxygen atoms in total. The first kappa shape index (κ1) is 13.8. The average Bonchev–Trinajstić information content (AvgIpc) is 2.22. The number of rotatable bonds is 10. The minimum Gasteiger partial charge on any atom is -0.394 e. The van der Waals surface area contributed by atoms with Crippen molar-refractivity contribution in [3.63, 3.8) is 0 Å². The van der Waals surface area contributed by atoms with Crippen LogP contribution in [0.1, 0.15) is 6.42 Å². The summed E-state index contributed by atoms with van der Waals surface area (Å²) in [5, 5.41) is 11.6. The number of nitrogens with one attached hydrogen (secondary N) is 1. The minimum absolute atomic E-state index is 0.0862. The van der Waals surface area contributed by atoms with Gasteiger partial charge in [-0.05, 0) is 13.0 Å². The van der Waals surface area contributed by atoms with E-state index in [0.717, 1.165) is 13.0 Å². The molecule has 0 saturated heterocycles. The molecule has 2 N–H and O–H groups in total. The lowest BCUT2D eigenvalue weighted by Gasteiger charge is -2.13. The van der Waals surface area contributed by atoms with E-state index in [-0.39, 0.29) is 12.9 Å². The van der Waals surface area contributed by atoms with Gasteiger partial charge in [-0.25, -0.2) is 0 Å². The van der Waals surface area contributed by atoms with Crippen LogP contribution < -0.4 is 5.32 Å². The summed E-state index contributed by atoms with van der Waals surface area (Å²) in [5.41, 5.74) is 0. The summed E-state index contributed by atoms with van der Waals surface area (Å²) in [6, 6.07) is 0. The molecule has 0 aromatic rings. The Balaban J connectivity index is 3.04. The molecule has 0 amide bonds. The number of methoxy groups -OCH3 is 2. The van der Waals surface area contributed by atoms with Gasteiger partial charge in [0.15, 0.2) is 6.29 Å². The lowest BCUT2D eigenvalue weighted by molar-refractivity contribution is -0.0987. The van der Waals surface area contributed by atoms with E-state index in [1.54, 1.807) is 14.2 Å². The highest BCUT2D eigenvalue weighted by Crippen LogP contribution is 1.88. The summed E-state index contributed by atoms with van der Waals surface area (Å²) in [6.07, 6.45) is 0.730. The van der Waals surface area contributed by atoms with E-state index in [9.17, 15) is 0 Å². The van der Waals surface area contributed by atoms with Crippen molar-refractivity contribution in [3.05, 3.63) is 0 Å². The van der Waals surface area contributed by atoms with Crippen LogP contribution in [0.15, 0.2) is 0 Å². The number of aliphatic hydroxyl groups is 1. The Bertz CT molecular complexity index is 109. The normalized spacial score (nSPS) is 11.1. The minimum atomic E-state index is -0.187. The van der Waals surface area contributed by atoms with E-state index < -0.39 is 0 Å². The lowest BCUT2D eigenvalue weighted by atomic mass is 10.4. The molecule has 0 heterocycles. The van der Waals surface area contributed by atoms with Crippen LogP contribution >= 0.6 is 0 Å². The van der Waals surface area contributed by atoms with E-state index in [2.05, 4.69) is 5.32 Å². The van der Waals surface area contributed by atoms with Gasteiger partial charge in [0.2, 0.25) is 0 Å². The summed E-state index contributed by atoms with van der Waals surface area (Å²) in [5.74, 6) is 0. The van der Waals surface area contributed by atoms with Gasteiger partial charge in [0.25, 0.3) is 0 Å². The van der Waals surface area contributed by atoms with Crippen molar-refractivity contribution in [2.45, 2.75) is 12.7 Å². The first-order valence-electron chi connectivity index (χ1n) is 4.80. The zero-order valence-corrected chi connectivity index (χ0v) is 8.99. The molecule has 14 heavy (non-hydrogen) atoms. The highest BCUT2D eigenvalue weighted by atomic mass is 16.7. The summed E-state index contributed by atoms with van der Waals surface area (Å²) >= 11 is 0. The summed E-state index contributed by atoms with van der Waals surface area (Å²) in [6.45, 7) is 2.70. The maximum absolute atomic E-state index is 8.43. The van der Waals surface area contributed by atoms with Crippen molar-refractivity contribution in [2.24, 2.45) is 0 Å². The second-order valence-corrected chi connectivity index (χ2v) is 2.79. The number of ether oxygens (including phenoxy) is 3. The van der Waals surface area contributed by atoms with Crippen LogP contribution in [0, 0.1) is 0 Å². The molecule has 0 unspecified atom stereocenters. The molecule has 0 rings (SSSR count).